The van der Waals surface area contributed by atoms with Gasteiger partial charge in [0.1, 0.15) is 0 Å². The van der Waals surface area contributed by atoms with Crippen molar-refractivity contribution in [2.75, 3.05) is 24.3 Å². The van der Waals surface area contributed by atoms with E-state index in [0.29, 0.717) is 24.3 Å². The van der Waals surface area contributed by atoms with E-state index in [0.717, 1.165) is 0 Å². The molecule has 1 amide bonds. The summed E-state index contributed by atoms with van der Waals surface area (Å²) < 4.78 is 0. The molecule has 1 heterocycles. The second kappa shape index (κ2) is 6.11. The lowest BCUT2D eigenvalue weighted by atomic mass is 9.95. The first-order valence-corrected chi connectivity index (χ1v) is 7.06. The Kier molecular flexibility index (Phi) is 4.45. The average Bonchev–Trinajstić information content (AvgIpc) is 2.81. The minimum Gasteiger partial charge on any atom is -0.481 e. The molecule has 1 aromatic rings. The van der Waals surface area contributed by atoms with Gasteiger partial charge in [-0.3, -0.25) is 9.59 Å². The van der Waals surface area contributed by atoms with Crippen molar-refractivity contribution in [3.63, 3.8) is 0 Å². The summed E-state index contributed by atoms with van der Waals surface area (Å²) in [6, 6.07) is 3.52. The Morgan fingerprint density at radius 2 is 2.00 bits per heavy atom. The topological polar surface area (TPSA) is 82.5 Å². The molecule has 2 N–H and O–H groups in total. The number of amides is 1. The summed E-state index contributed by atoms with van der Waals surface area (Å²) in [6.45, 7) is 1.98. The number of anilines is 2. The highest BCUT2D eigenvalue weighted by Crippen LogP contribution is 2.37. The van der Waals surface area contributed by atoms with Crippen LogP contribution in [0.25, 0.3) is 0 Å². The summed E-state index contributed by atoms with van der Waals surface area (Å²) in [4.78, 5) is 29.7. The van der Waals surface area contributed by atoms with Crippen LogP contribution in [0.5, 0.6) is 0 Å². The van der Waals surface area contributed by atoms with Crippen molar-refractivity contribution >= 4 is 23.4 Å². The quantitative estimate of drug-likeness (QED) is 0.884. The molecular weight excluding hydrogens is 270 g/mol. The SMILES string of the molecule is CC1CC(C(=O)O)C(C(=O)Nc2cccnc2N(C)C)C1. The molecular formula is C15H21N3O3. The van der Waals surface area contributed by atoms with Crippen molar-refractivity contribution in [2.24, 2.45) is 17.8 Å². The fraction of sp³-hybridized carbons (Fsp3) is 0.533. The summed E-state index contributed by atoms with van der Waals surface area (Å²) >= 11 is 0. The lowest BCUT2D eigenvalue weighted by Crippen LogP contribution is -2.30. The molecule has 3 unspecified atom stereocenters. The molecule has 114 valence electrons. The largest absolute Gasteiger partial charge is 0.481 e. The molecule has 6 nitrogen and oxygen atoms in total. The van der Waals surface area contributed by atoms with Gasteiger partial charge in [-0.05, 0) is 30.9 Å². The van der Waals surface area contributed by atoms with Crippen LogP contribution in [0.2, 0.25) is 0 Å². The third-order valence-corrected chi connectivity index (χ3v) is 3.92. The van der Waals surface area contributed by atoms with E-state index in [1.54, 1.807) is 18.3 Å². The zero-order valence-corrected chi connectivity index (χ0v) is 12.5. The Balaban J connectivity index is 2.16. The lowest BCUT2D eigenvalue weighted by Gasteiger charge is -2.19. The number of carbonyl (C=O) groups excluding carboxylic acids is 1. The second-order valence-electron chi connectivity index (χ2n) is 5.89. The van der Waals surface area contributed by atoms with Crippen molar-refractivity contribution in [3.8, 4) is 0 Å². The summed E-state index contributed by atoms with van der Waals surface area (Å²) in [7, 11) is 3.69. The Labute approximate surface area is 124 Å². The minimum atomic E-state index is -0.890. The van der Waals surface area contributed by atoms with Crippen LogP contribution in [0.3, 0.4) is 0 Å². The smallest absolute Gasteiger partial charge is 0.307 e. The Morgan fingerprint density at radius 1 is 1.33 bits per heavy atom. The lowest BCUT2D eigenvalue weighted by molar-refractivity contribution is -0.145. The number of carboxylic acids is 1. The summed E-state index contributed by atoms with van der Waals surface area (Å²) in [5.41, 5.74) is 0.608. The number of rotatable bonds is 4. The summed E-state index contributed by atoms with van der Waals surface area (Å²) in [6.07, 6.45) is 2.82. The number of aromatic nitrogens is 1. The van der Waals surface area contributed by atoms with Gasteiger partial charge in [0.15, 0.2) is 5.82 Å². The van der Waals surface area contributed by atoms with Crippen LogP contribution in [0.1, 0.15) is 19.8 Å². The van der Waals surface area contributed by atoms with Crippen LogP contribution in [0, 0.1) is 17.8 Å². The van der Waals surface area contributed by atoms with Crippen LogP contribution in [-0.2, 0) is 9.59 Å². The molecule has 1 aliphatic rings. The average molecular weight is 291 g/mol. The van der Waals surface area contributed by atoms with Crippen molar-refractivity contribution in [1.82, 2.24) is 4.98 Å². The number of nitrogens with one attached hydrogen (secondary N) is 1. The molecule has 1 saturated carbocycles. The van der Waals surface area contributed by atoms with Gasteiger partial charge < -0.3 is 15.3 Å². The van der Waals surface area contributed by atoms with Crippen LogP contribution < -0.4 is 10.2 Å². The maximum atomic E-state index is 12.4. The first kappa shape index (κ1) is 15.3. The molecule has 1 aromatic heterocycles. The van der Waals surface area contributed by atoms with Gasteiger partial charge in [0, 0.05) is 20.3 Å². The number of hydrogen-bond donors (Lipinski definition) is 2. The predicted octanol–water partition coefficient (Wildman–Crippen LogP) is 1.83. The zero-order chi connectivity index (χ0) is 15.6. The Morgan fingerprint density at radius 3 is 2.62 bits per heavy atom. The van der Waals surface area contributed by atoms with E-state index in [1.165, 1.54) is 0 Å². The summed E-state index contributed by atoms with van der Waals surface area (Å²) in [5.74, 6) is -1.29. The number of pyridine rings is 1. The maximum absolute atomic E-state index is 12.4. The van der Waals surface area contributed by atoms with E-state index in [9.17, 15) is 14.7 Å². The standard InChI is InChI=1S/C15H21N3O3/c1-9-7-10(11(8-9)15(20)21)14(19)17-12-5-4-6-16-13(12)18(2)3/h4-6,9-11H,7-8H2,1-3H3,(H,17,19)(H,20,21). The van der Waals surface area contributed by atoms with Gasteiger partial charge in [-0.2, -0.15) is 0 Å². The Hall–Kier alpha value is -2.11. The van der Waals surface area contributed by atoms with Crippen LogP contribution in [-0.4, -0.2) is 36.1 Å². The number of carboxylic acid groups (broad SMARTS) is 1. The monoisotopic (exact) mass is 291 g/mol. The first-order valence-electron chi connectivity index (χ1n) is 7.06. The summed E-state index contributed by atoms with van der Waals surface area (Å²) in [5, 5.41) is 12.1. The molecule has 0 spiro atoms. The van der Waals surface area contributed by atoms with Crippen molar-refractivity contribution in [1.29, 1.82) is 0 Å². The van der Waals surface area contributed by atoms with Crippen molar-refractivity contribution < 1.29 is 14.7 Å². The molecule has 2 rings (SSSR count). The first-order chi connectivity index (χ1) is 9.90. The number of nitrogens with zero attached hydrogens (tertiary/aromatic N) is 2. The fourth-order valence-corrected chi connectivity index (χ4v) is 2.93. The van der Waals surface area contributed by atoms with Gasteiger partial charge >= 0.3 is 5.97 Å². The highest BCUT2D eigenvalue weighted by Gasteiger charge is 2.41. The number of carbonyl (C=O) groups is 2. The second-order valence-corrected chi connectivity index (χ2v) is 5.89. The fourth-order valence-electron chi connectivity index (χ4n) is 2.93. The normalized spacial score (nSPS) is 24.6. The van der Waals surface area contributed by atoms with E-state index in [1.807, 2.05) is 25.9 Å². The molecule has 6 heteroatoms. The Bertz CT molecular complexity index is 545. The van der Waals surface area contributed by atoms with Gasteiger partial charge in [-0.25, -0.2) is 4.98 Å². The van der Waals surface area contributed by atoms with Crippen LogP contribution >= 0.6 is 0 Å². The van der Waals surface area contributed by atoms with E-state index in [2.05, 4.69) is 10.3 Å². The van der Waals surface area contributed by atoms with Crippen LogP contribution in [0.15, 0.2) is 18.3 Å². The molecule has 0 saturated heterocycles. The number of hydrogen-bond acceptors (Lipinski definition) is 4. The minimum absolute atomic E-state index is 0.233. The molecule has 21 heavy (non-hydrogen) atoms. The molecule has 0 bridgehead atoms. The van der Waals surface area contributed by atoms with Crippen LogP contribution in [0.4, 0.5) is 11.5 Å². The van der Waals surface area contributed by atoms with Gasteiger partial charge in [-0.1, -0.05) is 6.92 Å². The third-order valence-electron chi connectivity index (χ3n) is 3.92. The molecule has 0 aromatic carbocycles. The van der Waals surface area contributed by atoms with E-state index >= 15 is 0 Å². The van der Waals surface area contributed by atoms with Crippen molar-refractivity contribution in [3.05, 3.63) is 18.3 Å². The highest BCUT2D eigenvalue weighted by atomic mass is 16.4. The van der Waals surface area contributed by atoms with E-state index in [-0.39, 0.29) is 11.8 Å². The molecule has 1 aliphatic carbocycles. The van der Waals surface area contributed by atoms with E-state index in [4.69, 9.17) is 0 Å². The molecule has 0 radical (unpaired) electrons. The van der Waals surface area contributed by atoms with Gasteiger partial charge in [0.2, 0.25) is 5.91 Å². The molecule has 1 fully saturated rings. The molecule has 0 aliphatic heterocycles. The zero-order valence-electron chi connectivity index (χ0n) is 12.5. The highest BCUT2D eigenvalue weighted by molar-refractivity contribution is 5.97. The van der Waals surface area contributed by atoms with E-state index < -0.39 is 17.8 Å². The molecule has 3 atom stereocenters. The number of aliphatic carboxylic acids is 1. The van der Waals surface area contributed by atoms with Gasteiger partial charge in [0.25, 0.3) is 0 Å². The van der Waals surface area contributed by atoms with Crippen molar-refractivity contribution in [2.45, 2.75) is 19.8 Å². The van der Waals surface area contributed by atoms with Gasteiger partial charge in [0.05, 0.1) is 17.5 Å². The van der Waals surface area contributed by atoms with Gasteiger partial charge in [-0.15, -0.1) is 0 Å². The third kappa shape index (κ3) is 3.32. The maximum Gasteiger partial charge on any atom is 0.307 e. The predicted molar refractivity (Wildman–Crippen MR) is 80.2 cm³/mol.